The molecule has 0 aliphatic carbocycles. The van der Waals surface area contributed by atoms with Crippen LogP contribution >= 0.6 is 11.6 Å². The highest BCUT2D eigenvalue weighted by atomic mass is 35.5. The van der Waals surface area contributed by atoms with Gasteiger partial charge in [-0.2, -0.15) is 0 Å². The highest BCUT2D eigenvalue weighted by Gasteiger charge is 2.31. The fourth-order valence-corrected chi connectivity index (χ4v) is 3.86. The van der Waals surface area contributed by atoms with Gasteiger partial charge in [-0.3, -0.25) is 4.79 Å². The van der Waals surface area contributed by atoms with Crippen molar-refractivity contribution in [2.24, 2.45) is 0 Å². The quantitative estimate of drug-likeness (QED) is 0.790. The summed E-state index contributed by atoms with van der Waals surface area (Å²) >= 11 is 5.89. The van der Waals surface area contributed by atoms with Gasteiger partial charge in [0.2, 0.25) is 0 Å². The Labute approximate surface area is 117 Å². The second kappa shape index (κ2) is 5.02. The van der Waals surface area contributed by atoms with E-state index < -0.39 is 9.84 Å². The first kappa shape index (κ1) is 14.1. The van der Waals surface area contributed by atoms with Gasteiger partial charge in [-0.05, 0) is 25.1 Å². The van der Waals surface area contributed by atoms with Crippen LogP contribution < -0.4 is 5.73 Å². The Balaban J connectivity index is 2.22. The Morgan fingerprint density at radius 3 is 2.74 bits per heavy atom. The van der Waals surface area contributed by atoms with Gasteiger partial charge in [-0.15, -0.1) is 0 Å². The van der Waals surface area contributed by atoms with Crippen molar-refractivity contribution in [1.29, 1.82) is 0 Å². The summed E-state index contributed by atoms with van der Waals surface area (Å²) < 4.78 is 23.0. The molecule has 1 amide bonds. The number of hydrogen-bond donors (Lipinski definition) is 1. The minimum absolute atomic E-state index is 0.00143. The van der Waals surface area contributed by atoms with Gasteiger partial charge in [0.25, 0.3) is 5.91 Å². The van der Waals surface area contributed by atoms with Crippen LogP contribution in [0.25, 0.3) is 0 Å². The van der Waals surface area contributed by atoms with Gasteiger partial charge in [0, 0.05) is 18.2 Å². The lowest BCUT2D eigenvalue weighted by Crippen LogP contribution is -2.49. The summed E-state index contributed by atoms with van der Waals surface area (Å²) in [6, 6.07) is 4.34. The molecule has 1 unspecified atom stereocenters. The first-order valence-corrected chi connectivity index (χ1v) is 8.06. The van der Waals surface area contributed by atoms with E-state index in [0.717, 1.165) is 0 Å². The highest BCUT2D eigenvalue weighted by Crippen LogP contribution is 2.22. The lowest BCUT2D eigenvalue weighted by molar-refractivity contribution is 0.0712. The van der Waals surface area contributed by atoms with Crippen LogP contribution in [0.3, 0.4) is 0 Å². The third-order valence-corrected chi connectivity index (χ3v) is 5.30. The summed E-state index contributed by atoms with van der Waals surface area (Å²) in [7, 11) is -3.04. The molecule has 0 aromatic heterocycles. The Bertz CT molecular complexity index is 615. The van der Waals surface area contributed by atoms with Crippen molar-refractivity contribution >= 4 is 33.0 Å². The van der Waals surface area contributed by atoms with E-state index in [1.165, 1.54) is 6.07 Å². The molecule has 0 spiro atoms. The molecule has 1 heterocycles. The molecule has 0 saturated carbocycles. The molecule has 1 aliphatic rings. The smallest absolute Gasteiger partial charge is 0.254 e. The first-order chi connectivity index (χ1) is 8.80. The number of halogens is 1. The van der Waals surface area contributed by atoms with E-state index in [1.54, 1.807) is 24.0 Å². The van der Waals surface area contributed by atoms with Crippen molar-refractivity contribution < 1.29 is 13.2 Å². The van der Waals surface area contributed by atoms with E-state index in [1.807, 2.05) is 0 Å². The Morgan fingerprint density at radius 2 is 2.16 bits per heavy atom. The minimum Gasteiger partial charge on any atom is -0.398 e. The number of sulfone groups is 1. The lowest BCUT2D eigenvalue weighted by Gasteiger charge is -2.33. The van der Waals surface area contributed by atoms with E-state index in [9.17, 15) is 13.2 Å². The zero-order valence-corrected chi connectivity index (χ0v) is 12.0. The van der Waals surface area contributed by atoms with Crippen LogP contribution in [0.1, 0.15) is 17.3 Å². The summed E-state index contributed by atoms with van der Waals surface area (Å²) in [5, 5.41) is 0.322. The van der Waals surface area contributed by atoms with Crippen LogP contribution in [0.4, 0.5) is 5.69 Å². The highest BCUT2D eigenvalue weighted by molar-refractivity contribution is 7.91. The molecule has 104 valence electrons. The van der Waals surface area contributed by atoms with Crippen LogP contribution in [0.5, 0.6) is 0 Å². The lowest BCUT2D eigenvalue weighted by atomic mass is 10.1. The van der Waals surface area contributed by atoms with Crippen molar-refractivity contribution in [1.82, 2.24) is 4.90 Å². The average Bonchev–Trinajstić information content (AvgIpc) is 2.31. The molecule has 1 aromatic carbocycles. The zero-order valence-electron chi connectivity index (χ0n) is 10.5. The molecule has 1 saturated heterocycles. The van der Waals surface area contributed by atoms with Crippen molar-refractivity contribution in [2.75, 3.05) is 23.8 Å². The normalized spacial score (nSPS) is 22.2. The standard InChI is InChI=1S/C12H15ClN2O3S/c1-8-7-19(17,18)5-4-15(8)12(16)9-2-3-11(14)10(13)6-9/h2-3,6,8H,4-5,7,14H2,1H3. The van der Waals surface area contributed by atoms with E-state index in [4.69, 9.17) is 17.3 Å². The maximum absolute atomic E-state index is 12.3. The van der Waals surface area contributed by atoms with Gasteiger partial charge >= 0.3 is 0 Å². The first-order valence-electron chi connectivity index (χ1n) is 5.86. The van der Waals surface area contributed by atoms with Gasteiger partial charge in [0.1, 0.15) is 0 Å². The maximum atomic E-state index is 12.3. The topological polar surface area (TPSA) is 80.5 Å². The number of nitrogen functional groups attached to an aromatic ring is 1. The van der Waals surface area contributed by atoms with Gasteiger partial charge in [-0.25, -0.2) is 8.42 Å². The minimum atomic E-state index is -3.04. The molecule has 0 radical (unpaired) electrons. The van der Waals surface area contributed by atoms with Gasteiger partial charge < -0.3 is 10.6 Å². The van der Waals surface area contributed by atoms with Crippen LogP contribution in [0.15, 0.2) is 18.2 Å². The number of hydrogen-bond acceptors (Lipinski definition) is 4. The zero-order chi connectivity index (χ0) is 14.2. The van der Waals surface area contributed by atoms with Crippen LogP contribution in [0, 0.1) is 0 Å². The number of nitrogens with two attached hydrogens (primary N) is 1. The van der Waals surface area contributed by atoms with Gasteiger partial charge in [0.15, 0.2) is 9.84 Å². The fourth-order valence-electron chi connectivity index (χ4n) is 2.13. The molecular weight excluding hydrogens is 288 g/mol. The molecule has 7 heteroatoms. The molecule has 1 aromatic rings. The third kappa shape index (κ3) is 3.01. The Kier molecular flexibility index (Phi) is 3.73. The van der Waals surface area contributed by atoms with Crippen molar-refractivity contribution in [2.45, 2.75) is 13.0 Å². The fraction of sp³-hybridized carbons (Fsp3) is 0.417. The summed E-state index contributed by atoms with van der Waals surface area (Å²) in [6.45, 7) is 1.94. The van der Waals surface area contributed by atoms with Gasteiger partial charge in [0.05, 0.1) is 22.2 Å². The van der Waals surface area contributed by atoms with E-state index in [0.29, 0.717) is 16.3 Å². The molecule has 5 nitrogen and oxygen atoms in total. The number of anilines is 1. The molecule has 1 aliphatic heterocycles. The molecule has 2 N–H and O–H groups in total. The third-order valence-electron chi connectivity index (χ3n) is 3.18. The average molecular weight is 303 g/mol. The number of carbonyl (C=O) groups excluding carboxylic acids is 1. The van der Waals surface area contributed by atoms with E-state index in [-0.39, 0.29) is 30.0 Å². The number of rotatable bonds is 1. The van der Waals surface area contributed by atoms with Crippen molar-refractivity contribution in [3.05, 3.63) is 28.8 Å². The molecule has 19 heavy (non-hydrogen) atoms. The Hall–Kier alpha value is -1.27. The second-order valence-electron chi connectivity index (χ2n) is 4.70. The molecule has 1 fully saturated rings. The molecule has 2 rings (SSSR count). The number of nitrogens with zero attached hydrogens (tertiary/aromatic N) is 1. The van der Waals surface area contributed by atoms with Gasteiger partial charge in [-0.1, -0.05) is 11.6 Å². The van der Waals surface area contributed by atoms with Crippen molar-refractivity contribution in [3.8, 4) is 0 Å². The monoisotopic (exact) mass is 302 g/mol. The largest absolute Gasteiger partial charge is 0.398 e. The molecule has 0 bridgehead atoms. The molecule has 1 atom stereocenters. The summed E-state index contributed by atoms with van der Waals surface area (Å²) in [6.07, 6.45) is 0. The predicted octanol–water partition coefficient (Wildman–Crippen LogP) is 1.18. The number of amides is 1. The molecular formula is C12H15ClN2O3S. The Morgan fingerprint density at radius 1 is 1.47 bits per heavy atom. The summed E-state index contributed by atoms with van der Waals surface area (Å²) in [5.41, 5.74) is 6.43. The maximum Gasteiger partial charge on any atom is 0.254 e. The summed E-state index contributed by atoms with van der Waals surface area (Å²) in [4.78, 5) is 13.9. The van der Waals surface area contributed by atoms with Crippen molar-refractivity contribution in [3.63, 3.8) is 0 Å². The van der Waals surface area contributed by atoms with E-state index in [2.05, 4.69) is 0 Å². The van der Waals surface area contributed by atoms with Crippen LogP contribution in [-0.2, 0) is 9.84 Å². The van der Waals surface area contributed by atoms with E-state index >= 15 is 0 Å². The summed E-state index contributed by atoms with van der Waals surface area (Å²) in [5.74, 6) is -0.211. The van der Waals surface area contributed by atoms with Crippen LogP contribution in [-0.4, -0.2) is 43.3 Å². The number of carbonyl (C=O) groups is 1. The second-order valence-corrected chi connectivity index (χ2v) is 7.33. The number of benzene rings is 1. The van der Waals surface area contributed by atoms with Crippen LogP contribution in [0.2, 0.25) is 5.02 Å². The SMILES string of the molecule is CC1CS(=O)(=O)CCN1C(=O)c1ccc(N)c(Cl)c1. The predicted molar refractivity (Wildman–Crippen MR) is 75.0 cm³/mol.